The summed E-state index contributed by atoms with van der Waals surface area (Å²) in [5, 5.41) is 0. The molecule has 1 aliphatic heterocycles. The third-order valence-corrected chi connectivity index (χ3v) is 8.28. The molecule has 1 saturated heterocycles. The molecule has 1 aromatic rings. The third-order valence-electron chi connectivity index (χ3n) is 8.28. The number of likely N-dealkylation sites (tertiary alicyclic amines) is 1. The molecular weight excluding hydrogens is 302 g/mol. The molecule has 1 heteroatoms. The normalized spacial score (nSPS) is 44.3. The molecule has 0 aromatic heterocycles. The van der Waals surface area contributed by atoms with E-state index in [1.54, 1.807) is 5.56 Å². The van der Waals surface area contributed by atoms with Gasteiger partial charge >= 0.3 is 0 Å². The van der Waals surface area contributed by atoms with Crippen LogP contribution < -0.4 is 0 Å². The van der Waals surface area contributed by atoms with Crippen LogP contribution in [0.3, 0.4) is 0 Å². The Morgan fingerprint density at radius 1 is 0.960 bits per heavy atom. The van der Waals surface area contributed by atoms with Crippen molar-refractivity contribution in [2.45, 2.75) is 70.6 Å². The van der Waals surface area contributed by atoms with Gasteiger partial charge in [-0.2, -0.15) is 0 Å². The van der Waals surface area contributed by atoms with Gasteiger partial charge in [0.25, 0.3) is 0 Å². The highest BCUT2D eigenvalue weighted by molar-refractivity contribution is 5.31. The van der Waals surface area contributed by atoms with Crippen LogP contribution in [0.15, 0.2) is 30.3 Å². The minimum atomic E-state index is 0.485. The van der Waals surface area contributed by atoms with Crippen molar-refractivity contribution in [1.82, 2.24) is 4.90 Å². The van der Waals surface area contributed by atoms with Crippen LogP contribution in [0.1, 0.15) is 70.8 Å². The topological polar surface area (TPSA) is 3.24 Å². The summed E-state index contributed by atoms with van der Waals surface area (Å²) in [5.41, 5.74) is 3.34. The molecule has 0 N–H and O–H groups in total. The second-order valence-corrected chi connectivity index (χ2v) is 10.9. The summed E-state index contributed by atoms with van der Waals surface area (Å²) < 4.78 is 0. The maximum absolute atomic E-state index is 2.84. The molecule has 0 amide bonds. The van der Waals surface area contributed by atoms with Gasteiger partial charge in [-0.15, -0.1) is 0 Å². The fraction of sp³-hybridized carbons (Fsp3) is 0.750. The van der Waals surface area contributed by atoms with E-state index in [-0.39, 0.29) is 0 Å². The molecule has 4 aliphatic carbocycles. The number of benzene rings is 1. The SMILES string of the molecule is CC1CCN(CC23CC4C[C@@](C)(C2)C[C@](c2ccccc2)(C4)C3)CC1. The van der Waals surface area contributed by atoms with Crippen molar-refractivity contribution in [2.24, 2.45) is 22.7 Å². The summed E-state index contributed by atoms with van der Waals surface area (Å²) in [6.45, 7) is 9.15. The second kappa shape index (κ2) is 5.59. The van der Waals surface area contributed by atoms with E-state index in [4.69, 9.17) is 0 Å². The molecular formula is C24H35N. The summed E-state index contributed by atoms with van der Waals surface area (Å²) in [4.78, 5) is 2.84. The molecule has 1 heterocycles. The zero-order valence-electron chi connectivity index (χ0n) is 16.3. The summed E-state index contributed by atoms with van der Waals surface area (Å²) in [6.07, 6.45) is 11.7. The number of nitrogens with zero attached hydrogens (tertiary/aromatic N) is 1. The Bertz CT molecular complexity index is 631. The molecule has 0 spiro atoms. The van der Waals surface area contributed by atoms with E-state index in [9.17, 15) is 0 Å². The number of hydrogen-bond donors (Lipinski definition) is 0. The van der Waals surface area contributed by atoms with Gasteiger partial charge < -0.3 is 4.90 Å². The molecule has 5 aliphatic rings. The lowest BCUT2D eigenvalue weighted by molar-refractivity contribution is -0.130. The summed E-state index contributed by atoms with van der Waals surface area (Å²) in [6, 6.07) is 11.6. The van der Waals surface area contributed by atoms with Crippen LogP contribution in [-0.2, 0) is 5.41 Å². The molecule has 4 atom stereocenters. The Kier molecular flexibility index (Phi) is 3.66. The average molecular weight is 338 g/mol. The Morgan fingerprint density at radius 3 is 2.44 bits per heavy atom. The fourth-order valence-electron chi connectivity index (χ4n) is 8.12. The van der Waals surface area contributed by atoms with Crippen LogP contribution in [0.2, 0.25) is 0 Å². The van der Waals surface area contributed by atoms with E-state index < -0.39 is 0 Å². The lowest BCUT2D eigenvalue weighted by Gasteiger charge is -2.67. The molecule has 0 radical (unpaired) electrons. The van der Waals surface area contributed by atoms with E-state index in [1.807, 2.05) is 0 Å². The Morgan fingerprint density at radius 2 is 1.72 bits per heavy atom. The Labute approximate surface area is 154 Å². The van der Waals surface area contributed by atoms with Crippen LogP contribution >= 0.6 is 0 Å². The standard InChI is InChI=1S/C24H35N/c1-19-8-10-25(11-9-19)18-23-13-20-12-22(2,15-23)16-24(14-20,17-23)21-6-4-3-5-7-21/h3-7,19-20H,8-18H2,1-2H3/t20?,22-,23?,24+/m0/s1. The summed E-state index contributed by atoms with van der Waals surface area (Å²) >= 11 is 0. The quantitative estimate of drug-likeness (QED) is 0.689. The molecule has 4 saturated carbocycles. The van der Waals surface area contributed by atoms with E-state index >= 15 is 0 Å². The Hall–Kier alpha value is -0.820. The second-order valence-electron chi connectivity index (χ2n) is 10.9. The highest BCUT2D eigenvalue weighted by Gasteiger charge is 2.62. The minimum absolute atomic E-state index is 0.485. The van der Waals surface area contributed by atoms with Gasteiger partial charge in [0.05, 0.1) is 0 Å². The van der Waals surface area contributed by atoms with Gasteiger partial charge in [0, 0.05) is 6.54 Å². The van der Waals surface area contributed by atoms with Crippen molar-refractivity contribution in [3.63, 3.8) is 0 Å². The zero-order valence-corrected chi connectivity index (χ0v) is 16.3. The van der Waals surface area contributed by atoms with Gasteiger partial charge in [-0.3, -0.25) is 0 Å². The predicted molar refractivity (Wildman–Crippen MR) is 105 cm³/mol. The summed E-state index contributed by atoms with van der Waals surface area (Å²) in [7, 11) is 0. The van der Waals surface area contributed by atoms with Crippen molar-refractivity contribution in [3.8, 4) is 0 Å². The average Bonchev–Trinajstić information content (AvgIpc) is 2.55. The van der Waals surface area contributed by atoms with Crippen LogP contribution in [0.5, 0.6) is 0 Å². The van der Waals surface area contributed by atoms with E-state index in [1.165, 1.54) is 71.0 Å². The molecule has 25 heavy (non-hydrogen) atoms. The van der Waals surface area contributed by atoms with Crippen LogP contribution in [-0.4, -0.2) is 24.5 Å². The largest absolute Gasteiger partial charge is 0.303 e. The zero-order chi connectivity index (χ0) is 17.1. The molecule has 6 rings (SSSR count). The van der Waals surface area contributed by atoms with Crippen molar-refractivity contribution < 1.29 is 0 Å². The Balaban J connectivity index is 1.45. The lowest BCUT2D eigenvalue weighted by atomic mass is 9.39. The highest BCUT2D eigenvalue weighted by atomic mass is 15.1. The maximum atomic E-state index is 2.84. The van der Waals surface area contributed by atoms with Gasteiger partial charge in [-0.05, 0) is 98.1 Å². The molecule has 1 nitrogen and oxygen atoms in total. The van der Waals surface area contributed by atoms with Gasteiger partial charge in [0.15, 0.2) is 0 Å². The molecule has 136 valence electrons. The molecule has 5 fully saturated rings. The summed E-state index contributed by atoms with van der Waals surface area (Å²) in [5.74, 6) is 1.92. The van der Waals surface area contributed by atoms with E-state index in [2.05, 4.69) is 49.1 Å². The first-order chi connectivity index (χ1) is 12.0. The van der Waals surface area contributed by atoms with Crippen molar-refractivity contribution >= 4 is 0 Å². The number of rotatable bonds is 3. The first-order valence-electron chi connectivity index (χ1n) is 10.8. The monoisotopic (exact) mass is 337 g/mol. The van der Waals surface area contributed by atoms with Crippen LogP contribution in [0.4, 0.5) is 0 Å². The van der Waals surface area contributed by atoms with Crippen LogP contribution in [0, 0.1) is 22.7 Å². The number of hydrogen-bond acceptors (Lipinski definition) is 1. The highest BCUT2D eigenvalue weighted by Crippen LogP contribution is 2.70. The first kappa shape index (κ1) is 16.4. The lowest BCUT2D eigenvalue weighted by Crippen LogP contribution is -2.60. The molecule has 4 bridgehead atoms. The van der Waals surface area contributed by atoms with Crippen molar-refractivity contribution in [3.05, 3.63) is 35.9 Å². The van der Waals surface area contributed by atoms with Crippen molar-refractivity contribution in [2.75, 3.05) is 19.6 Å². The molecule has 2 unspecified atom stereocenters. The van der Waals surface area contributed by atoms with E-state index in [0.717, 1.165) is 11.8 Å². The number of piperidine rings is 1. The van der Waals surface area contributed by atoms with Crippen molar-refractivity contribution in [1.29, 1.82) is 0 Å². The van der Waals surface area contributed by atoms with E-state index in [0.29, 0.717) is 16.2 Å². The van der Waals surface area contributed by atoms with Gasteiger partial charge in [-0.25, -0.2) is 0 Å². The smallest absolute Gasteiger partial charge is 0.00386 e. The minimum Gasteiger partial charge on any atom is -0.303 e. The van der Waals surface area contributed by atoms with Gasteiger partial charge in [-0.1, -0.05) is 44.2 Å². The fourth-order valence-corrected chi connectivity index (χ4v) is 8.12. The molecule has 1 aromatic carbocycles. The third kappa shape index (κ3) is 2.78. The van der Waals surface area contributed by atoms with Crippen LogP contribution in [0.25, 0.3) is 0 Å². The first-order valence-corrected chi connectivity index (χ1v) is 10.8. The predicted octanol–water partition coefficient (Wildman–Crippen LogP) is 5.65. The van der Waals surface area contributed by atoms with Gasteiger partial charge in [0.1, 0.15) is 0 Å². The van der Waals surface area contributed by atoms with Gasteiger partial charge in [0.2, 0.25) is 0 Å². The maximum Gasteiger partial charge on any atom is 0.00386 e.